The molecule has 3 nitrogen and oxygen atoms in total. The fourth-order valence-corrected chi connectivity index (χ4v) is 1.21. The lowest BCUT2D eigenvalue weighted by Crippen LogP contribution is -2.32. The Morgan fingerprint density at radius 2 is 1.88 bits per heavy atom. The molecule has 1 aromatic rings. The molecule has 4 heteroatoms. The molecule has 1 N–H and O–H groups in total. The van der Waals surface area contributed by atoms with E-state index >= 15 is 0 Å². The molecule has 1 amide bonds. The van der Waals surface area contributed by atoms with Gasteiger partial charge in [0.05, 0.1) is 11.8 Å². The van der Waals surface area contributed by atoms with Crippen LogP contribution in [-0.2, 0) is 4.79 Å². The monoisotopic (exact) mass is 237 g/mol. The summed E-state index contributed by atoms with van der Waals surface area (Å²) in [5, 5.41) is 2.21. The number of hydrogen-bond donors (Lipinski definition) is 2. The Labute approximate surface area is 101 Å². The number of rotatable bonds is 4. The van der Waals surface area contributed by atoms with Crippen LogP contribution in [-0.4, -0.2) is 23.5 Å². The molecule has 0 aliphatic rings. The van der Waals surface area contributed by atoms with Gasteiger partial charge in [-0.3, -0.25) is 9.59 Å². The summed E-state index contributed by atoms with van der Waals surface area (Å²) in [5.41, 5.74) is 1.65. The van der Waals surface area contributed by atoms with Crippen molar-refractivity contribution in [3.8, 4) is 0 Å². The summed E-state index contributed by atoms with van der Waals surface area (Å²) in [4.78, 5) is 22.8. The van der Waals surface area contributed by atoms with Crippen molar-refractivity contribution < 1.29 is 9.59 Å². The predicted molar refractivity (Wildman–Crippen MR) is 67.0 cm³/mol. The summed E-state index contributed by atoms with van der Waals surface area (Å²) >= 11 is 4.00. The highest BCUT2D eigenvalue weighted by atomic mass is 32.1. The highest BCUT2D eigenvalue weighted by molar-refractivity contribution is 7.81. The zero-order chi connectivity index (χ0) is 12.1. The number of benzene rings is 1. The minimum atomic E-state index is -0.349. The molecule has 86 valence electrons. The number of ketones is 1. The molecule has 0 heterocycles. The van der Waals surface area contributed by atoms with Crippen molar-refractivity contribution >= 4 is 24.3 Å². The van der Waals surface area contributed by atoms with E-state index in [0.29, 0.717) is 5.56 Å². The first-order chi connectivity index (χ1) is 7.50. The highest BCUT2D eigenvalue weighted by Crippen LogP contribution is 2.02. The topological polar surface area (TPSA) is 46.2 Å². The lowest BCUT2D eigenvalue weighted by Gasteiger charge is -2.06. The number of amides is 1. The predicted octanol–water partition coefficient (Wildman–Crippen LogP) is 1.61. The molecule has 1 unspecified atom stereocenters. The van der Waals surface area contributed by atoms with Gasteiger partial charge in [-0.05, 0) is 26.0 Å². The average Bonchev–Trinajstić information content (AvgIpc) is 2.26. The molecule has 0 saturated carbocycles. The molecule has 0 bridgehead atoms. The third kappa shape index (κ3) is 3.70. The standard InChI is InChI=1S/C12H15NO2S/c1-8-3-5-10(6-4-8)12(15)13-7-11(14)9(2)16/h3-6,9,16H,7H2,1-2H3,(H,13,15). The van der Waals surface area contributed by atoms with Gasteiger partial charge in [-0.15, -0.1) is 0 Å². The minimum absolute atomic E-state index is 0.0252. The second-order valence-corrected chi connectivity index (χ2v) is 4.47. The van der Waals surface area contributed by atoms with E-state index in [4.69, 9.17) is 0 Å². The first-order valence-corrected chi connectivity index (χ1v) is 5.58. The van der Waals surface area contributed by atoms with Crippen LogP contribution in [0.4, 0.5) is 0 Å². The molecule has 1 atom stereocenters. The average molecular weight is 237 g/mol. The molecule has 0 saturated heterocycles. The van der Waals surface area contributed by atoms with Crippen molar-refractivity contribution in [2.45, 2.75) is 19.1 Å². The van der Waals surface area contributed by atoms with Crippen LogP contribution < -0.4 is 5.32 Å². The van der Waals surface area contributed by atoms with Gasteiger partial charge in [0.1, 0.15) is 0 Å². The molecule has 0 radical (unpaired) electrons. The van der Waals surface area contributed by atoms with Gasteiger partial charge < -0.3 is 5.32 Å². The van der Waals surface area contributed by atoms with E-state index in [0.717, 1.165) is 5.56 Å². The first-order valence-electron chi connectivity index (χ1n) is 5.06. The van der Waals surface area contributed by atoms with Gasteiger partial charge in [0.2, 0.25) is 0 Å². The van der Waals surface area contributed by atoms with Crippen molar-refractivity contribution in [2.75, 3.05) is 6.54 Å². The molecule has 0 fully saturated rings. The molecular formula is C12H15NO2S. The molecule has 0 aliphatic carbocycles. The number of thiol groups is 1. The second kappa shape index (κ2) is 5.70. The van der Waals surface area contributed by atoms with Crippen LogP contribution in [0, 0.1) is 6.92 Å². The molecular weight excluding hydrogens is 222 g/mol. The van der Waals surface area contributed by atoms with Gasteiger partial charge in [-0.1, -0.05) is 17.7 Å². The van der Waals surface area contributed by atoms with Crippen molar-refractivity contribution in [1.82, 2.24) is 5.32 Å². The van der Waals surface area contributed by atoms with Gasteiger partial charge in [-0.25, -0.2) is 0 Å². The molecule has 0 aromatic heterocycles. The summed E-state index contributed by atoms with van der Waals surface area (Å²) in [5.74, 6) is -0.328. The fraction of sp³-hybridized carbons (Fsp3) is 0.333. The first kappa shape index (κ1) is 12.8. The largest absolute Gasteiger partial charge is 0.345 e. The summed E-state index contributed by atoms with van der Waals surface area (Å²) < 4.78 is 0. The normalized spacial score (nSPS) is 11.9. The van der Waals surface area contributed by atoms with Crippen LogP contribution in [0.2, 0.25) is 0 Å². The van der Waals surface area contributed by atoms with Crippen molar-refractivity contribution in [3.63, 3.8) is 0 Å². The van der Waals surface area contributed by atoms with E-state index in [2.05, 4.69) is 17.9 Å². The number of carbonyl (C=O) groups excluding carboxylic acids is 2. The number of nitrogens with one attached hydrogen (secondary N) is 1. The molecule has 16 heavy (non-hydrogen) atoms. The number of carbonyl (C=O) groups is 2. The maximum absolute atomic E-state index is 11.6. The van der Waals surface area contributed by atoms with E-state index < -0.39 is 0 Å². The maximum atomic E-state index is 11.6. The molecule has 1 aromatic carbocycles. The van der Waals surface area contributed by atoms with Crippen LogP contribution in [0.1, 0.15) is 22.8 Å². The van der Waals surface area contributed by atoms with E-state index in [9.17, 15) is 9.59 Å². The van der Waals surface area contributed by atoms with Gasteiger partial charge in [0, 0.05) is 5.56 Å². The summed E-state index contributed by atoms with van der Waals surface area (Å²) in [6.45, 7) is 3.66. The van der Waals surface area contributed by atoms with Crippen molar-refractivity contribution in [3.05, 3.63) is 35.4 Å². The van der Waals surface area contributed by atoms with Gasteiger partial charge in [0.15, 0.2) is 5.78 Å². The van der Waals surface area contributed by atoms with Crippen molar-refractivity contribution in [2.24, 2.45) is 0 Å². The zero-order valence-electron chi connectivity index (χ0n) is 9.36. The highest BCUT2D eigenvalue weighted by Gasteiger charge is 2.10. The molecule has 0 aliphatic heterocycles. The third-order valence-corrected chi connectivity index (χ3v) is 2.49. The Hall–Kier alpha value is -1.29. The van der Waals surface area contributed by atoms with E-state index in [1.807, 2.05) is 19.1 Å². The van der Waals surface area contributed by atoms with Crippen LogP contribution in [0.15, 0.2) is 24.3 Å². The summed E-state index contributed by atoms with van der Waals surface area (Å²) in [6.07, 6.45) is 0. The number of aryl methyl sites for hydroxylation is 1. The summed E-state index contributed by atoms with van der Waals surface area (Å²) in [7, 11) is 0. The molecule has 0 spiro atoms. The fourth-order valence-electron chi connectivity index (χ4n) is 1.12. The van der Waals surface area contributed by atoms with E-state index in [-0.39, 0.29) is 23.5 Å². The maximum Gasteiger partial charge on any atom is 0.251 e. The summed E-state index contributed by atoms with van der Waals surface area (Å²) in [6, 6.07) is 7.19. The lowest BCUT2D eigenvalue weighted by molar-refractivity contribution is -0.117. The quantitative estimate of drug-likeness (QED) is 0.782. The van der Waals surface area contributed by atoms with Crippen LogP contribution in [0.3, 0.4) is 0 Å². The zero-order valence-corrected chi connectivity index (χ0v) is 10.3. The Morgan fingerprint density at radius 1 is 1.31 bits per heavy atom. The Kier molecular flexibility index (Phi) is 4.55. The lowest BCUT2D eigenvalue weighted by atomic mass is 10.1. The minimum Gasteiger partial charge on any atom is -0.345 e. The Morgan fingerprint density at radius 3 is 2.38 bits per heavy atom. The van der Waals surface area contributed by atoms with Gasteiger partial charge >= 0.3 is 0 Å². The molecule has 1 rings (SSSR count). The van der Waals surface area contributed by atoms with E-state index in [1.165, 1.54) is 0 Å². The number of hydrogen-bond acceptors (Lipinski definition) is 3. The Balaban J connectivity index is 2.53. The number of Topliss-reactive ketones (excluding diaryl/α,β-unsaturated/α-hetero) is 1. The smallest absolute Gasteiger partial charge is 0.251 e. The third-order valence-electron chi connectivity index (χ3n) is 2.20. The second-order valence-electron chi connectivity index (χ2n) is 3.69. The van der Waals surface area contributed by atoms with Crippen LogP contribution in [0.25, 0.3) is 0 Å². The van der Waals surface area contributed by atoms with E-state index in [1.54, 1.807) is 19.1 Å². The van der Waals surface area contributed by atoms with Gasteiger partial charge in [0.25, 0.3) is 5.91 Å². The Bertz CT molecular complexity index is 385. The van der Waals surface area contributed by atoms with Crippen LogP contribution >= 0.6 is 12.6 Å². The SMILES string of the molecule is Cc1ccc(C(=O)NCC(=O)C(C)S)cc1. The van der Waals surface area contributed by atoms with Crippen molar-refractivity contribution in [1.29, 1.82) is 0 Å². The van der Waals surface area contributed by atoms with Crippen LogP contribution in [0.5, 0.6) is 0 Å². The van der Waals surface area contributed by atoms with Gasteiger partial charge in [-0.2, -0.15) is 12.6 Å².